The number of nitrogens with zero attached hydrogens (tertiary/aromatic N) is 2. The number of nitrogens with one attached hydrogen (secondary N) is 3. The van der Waals surface area contributed by atoms with Crippen LogP contribution in [0.2, 0.25) is 8.67 Å². The van der Waals surface area contributed by atoms with E-state index in [1.807, 2.05) is 32.0 Å². The second kappa shape index (κ2) is 8.56. The summed E-state index contributed by atoms with van der Waals surface area (Å²) in [6.07, 6.45) is 0. The highest BCUT2D eigenvalue weighted by Crippen LogP contribution is 2.31. The lowest BCUT2D eigenvalue weighted by Gasteiger charge is -2.10. The van der Waals surface area contributed by atoms with Gasteiger partial charge >= 0.3 is 0 Å². The van der Waals surface area contributed by atoms with E-state index in [1.54, 1.807) is 18.2 Å². The van der Waals surface area contributed by atoms with Crippen LogP contribution in [0.4, 0.5) is 23.0 Å². The molecule has 3 aromatic rings. The summed E-state index contributed by atoms with van der Waals surface area (Å²) in [5.74, 6) is 1.83. The lowest BCUT2D eigenvalue weighted by molar-refractivity contribution is 0.102. The highest BCUT2D eigenvalue weighted by Gasteiger charge is 2.14. The summed E-state index contributed by atoms with van der Waals surface area (Å²) < 4.78 is 0.841. The van der Waals surface area contributed by atoms with Gasteiger partial charge in [-0.2, -0.15) is 0 Å². The summed E-state index contributed by atoms with van der Waals surface area (Å²) in [5.41, 5.74) is 1.85. The van der Waals surface area contributed by atoms with Crippen LogP contribution >= 0.6 is 34.5 Å². The number of halogens is 2. The van der Waals surface area contributed by atoms with Gasteiger partial charge in [0.25, 0.3) is 5.91 Å². The molecule has 2 aromatic heterocycles. The second-order valence-corrected chi connectivity index (χ2v) is 7.90. The Morgan fingerprint density at radius 1 is 1.07 bits per heavy atom. The van der Waals surface area contributed by atoms with Crippen molar-refractivity contribution in [2.75, 3.05) is 22.5 Å². The van der Waals surface area contributed by atoms with Crippen LogP contribution in [0.15, 0.2) is 36.4 Å². The number of thiophene rings is 1. The van der Waals surface area contributed by atoms with E-state index in [-0.39, 0.29) is 5.91 Å². The molecule has 0 aliphatic rings. The molecule has 0 bridgehead atoms. The van der Waals surface area contributed by atoms with E-state index in [0.717, 1.165) is 29.4 Å². The fraction of sp³-hybridized carbons (Fsp3) is 0.167. The monoisotopic (exact) mass is 421 g/mol. The van der Waals surface area contributed by atoms with Gasteiger partial charge in [0.2, 0.25) is 0 Å². The van der Waals surface area contributed by atoms with Gasteiger partial charge in [-0.3, -0.25) is 4.79 Å². The lowest BCUT2D eigenvalue weighted by Crippen LogP contribution is -2.11. The topological polar surface area (TPSA) is 78.9 Å². The maximum absolute atomic E-state index is 12.3. The van der Waals surface area contributed by atoms with E-state index in [2.05, 4.69) is 25.9 Å². The molecule has 2 heterocycles. The molecule has 9 heteroatoms. The summed E-state index contributed by atoms with van der Waals surface area (Å²) in [4.78, 5) is 21.0. The molecule has 1 aromatic carbocycles. The van der Waals surface area contributed by atoms with Crippen molar-refractivity contribution >= 4 is 63.5 Å². The minimum absolute atomic E-state index is 0.300. The largest absolute Gasteiger partial charge is 0.370 e. The van der Waals surface area contributed by atoms with Gasteiger partial charge in [0.15, 0.2) is 0 Å². The van der Waals surface area contributed by atoms with Crippen LogP contribution in [0, 0.1) is 6.92 Å². The summed E-state index contributed by atoms with van der Waals surface area (Å²) in [5, 5.41) is 9.20. The number of amides is 1. The van der Waals surface area contributed by atoms with Crippen molar-refractivity contribution < 1.29 is 4.79 Å². The van der Waals surface area contributed by atoms with E-state index in [1.165, 1.54) is 0 Å². The van der Waals surface area contributed by atoms with Crippen LogP contribution in [-0.4, -0.2) is 22.4 Å². The smallest absolute Gasteiger partial charge is 0.258 e. The third-order valence-corrected chi connectivity index (χ3v) is 5.00. The van der Waals surface area contributed by atoms with Crippen LogP contribution in [0.5, 0.6) is 0 Å². The molecule has 3 rings (SSSR count). The Balaban J connectivity index is 1.68. The molecular weight excluding hydrogens is 405 g/mol. The molecule has 3 N–H and O–H groups in total. The molecule has 1 amide bonds. The highest BCUT2D eigenvalue weighted by molar-refractivity contribution is 7.20. The van der Waals surface area contributed by atoms with Crippen molar-refractivity contribution in [3.63, 3.8) is 0 Å². The SMILES string of the molecule is CCNc1cc(Nc2ccc(NC(=O)c3cc(Cl)sc3Cl)cc2)nc(C)n1. The molecule has 0 saturated heterocycles. The average Bonchev–Trinajstić information content (AvgIpc) is 2.95. The van der Waals surface area contributed by atoms with Gasteiger partial charge in [-0.15, -0.1) is 11.3 Å². The minimum atomic E-state index is -0.300. The number of anilines is 4. The van der Waals surface area contributed by atoms with Gasteiger partial charge in [-0.1, -0.05) is 23.2 Å². The van der Waals surface area contributed by atoms with E-state index < -0.39 is 0 Å². The highest BCUT2D eigenvalue weighted by atomic mass is 35.5. The summed E-state index contributed by atoms with van der Waals surface area (Å²) >= 11 is 13.1. The van der Waals surface area contributed by atoms with Crippen molar-refractivity contribution in [1.29, 1.82) is 0 Å². The molecule has 0 aliphatic carbocycles. The Morgan fingerprint density at radius 3 is 2.37 bits per heavy atom. The standard InChI is InChI=1S/C18H17Cl2N5OS/c1-3-21-15-9-16(23-10(2)22-15)24-11-4-6-12(7-5-11)25-18(26)13-8-14(19)27-17(13)20/h4-9H,3H2,1-2H3,(H,25,26)(H2,21,22,23,24). The molecule has 6 nitrogen and oxygen atoms in total. The zero-order chi connectivity index (χ0) is 19.4. The zero-order valence-electron chi connectivity index (χ0n) is 14.6. The third kappa shape index (κ3) is 5.09. The Labute approximate surface area is 171 Å². The molecule has 0 aliphatic heterocycles. The van der Waals surface area contributed by atoms with E-state index in [4.69, 9.17) is 23.2 Å². The maximum atomic E-state index is 12.3. The molecular formula is C18H17Cl2N5OS. The maximum Gasteiger partial charge on any atom is 0.258 e. The normalized spacial score (nSPS) is 10.5. The van der Waals surface area contributed by atoms with Crippen molar-refractivity contribution in [2.45, 2.75) is 13.8 Å². The van der Waals surface area contributed by atoms with E-state index >= 15 is 0 Å². The lowest BCUT2D eigenvalue weighted by atomic mass is 10.2. The van der Waals surface area contributed by atoms with Crippen LogP contribution in [0.1, 0.15) is 23.1 Å². The number of rotatable bonds is 6. The summed E-state index contributed by atoms with van der Waals surface area (Å²) in [6, 6.07) is 10.7. The van der Waals surface area contributed by atoms with Gasteiger partial charge in [0.1, 0.15) is 21.8 Å². The predicted octanol–water partition coefficient (Wildman–Crippen LogP) is 5.58. The fourth-order valence-corrected chi connectivity index (χ4v) is 3.84. The second-order valence-electron chi connectivity index (χ2n) is 5.61. The average molecular weight is 422 g/mol. The number of carbonyl (C=O) groups excluding carboxylic acids is 1. The van der Waals surface area contributed by atoms with Gasteiger partial charge in [-0.05, 0) is 44.2 Å². The number of carbonyl (C=O) groups is 1. The van der Waals surface area contributed by atoms with Crippen molar-refractivity contribution in [1.82, 2.24) is 9.97 Å². The van der Waals surface area contributed by atoms with Crippen LogP contribution in [-0.2, 0) is 0 Å². The fourth-order valence-electron chi connectivity index (χ4n) is 2.38. The Bertz CT molecular complexity index is 959. The molecule has 0 saturated carbocycles. The van der Waals surface area contributed by atoms with Gasteiger partial charge in [0, 0.05) is 24.0 Å². The number of hydrogen-bond acceptors (Lipinski definition) is 6. The first kappa shape index (κ1) is 19.4. The first-order chi connectivity index (χ1) is 12.9. The molecule has 0 radical (unpaired) electrons. The molecule has 0 spiro atoms. The summed E-state index contributed by atoms with van der Waals surface area (Å²) in [6.45, 7) is 4.63. The van der Waals surface area contributed by atoms with Crippen molar-refractivity contribution in [2.24, 2.45) is 0 Å². The molecule has 140 valence electrons. The van der Waals surface area contributed by atoms with Gasteiger partial charge < -0.3 is 16.0 Å². The Kier molecular flexibility index (Phi) is 6.15. The van der Waals surface area contributed by atoms with E-state index in [0.29, 0.717) is 31.6 Å². The molecule has 27 heavy (non-hydrogen) atoms. The van der Waals surface area contributed by atoms with Crippen LogP contribution in [0.25, 0.3) is 0 Å². The Morgan fingerprint density at radius 2 is 1.74 bits per heavy atom. The number of hydrogen-bond donors (Lipinski definition) is 3. The molecule has 0 unspecified atom stereocenters. The van der Waals surface area contributed by atoms with Gasteiger partial charge in [0.05, 0.1) is 9.90 Å². The number of aryl methyl sites for hydroxylation is 1. The quantitative estimate of drug-likeness (QED) is 0.483. The van der Waals surface area contributed by atoms with Crippen LogP contribution in [0.3, 0.4) is 0 Å². The zero-order valence-corrected chi connectivity index (χ0v) is 17.0. The van der Waals surface area contributed by atoms with Crippen molar-refractivity contribution in [3.8, 4) is 0 Å². The summed E-state index contributed by atoms with van der Waals surface area (Å²) in [7, 11) is 0. The molecule has 0 atom stereocenters. The Hall–Kier alpha value is -2.35. The number of benzene rings is 1. The third-order valence-electron chi connectivity index (χ3n) is 3.51. The van der Waals surface area contributed by atoms with E-state index in [9.17, 15) is 4.79 Å². The minimum Gasteiger partial charge on any atom is -0.370 e. The predicted molar refractivity (Wildman–Crippen MR) is 113 cm³/mol. The van der Waals surface area contributed by atoms with Crippen molar-refractivity contribution in [3.05, 3.63) is 56.5 Å². The van der Waals surface area contributed by atoms with Crippen LogP contribution < -0.4 is 16.0 Å². The first-order valence-corrected chi connectivity index (χ1v) is 9.74. The number of aromatic nitrogens is 2. The van der Waals surface area contributed by atoms with Gasteiger partial charge in [-0.25, -0.2) is 9.97 Å². The first-order valence-electron chi connectivity index (χ1n) is 8.17. The molecule has 0 fully saturated rings.